The van der Waals surface area contributed by atoms with Crippen molar-refractivity contribution in [1.29, 1.82) is 0 Å². The van der Waals surface area contributed by atoms with Crippen molar-refractivity contribution in [3.63, 3.8) is 0 Å². The zero-order chi connectivity index (χ0) is 15.2. The van der Waals surface area contributed by atoms with Crippen LogP contribution in [0, 0.1) is 0 Å². The average molecular weight is 434 g/mol. The molecule has 21 heavy (non-hydrogen) atoms. The van der Waals surface area contributed by atoms with Gasteiger partial charge in [-0.3, -0.25) is 10.3 Å². The third-order valence-electron chi connectivity index (χ3n) is 2.69. The highest BCUT2D eigenvalue weighted by atomic mass is 79.9. The number of carbonyl (C=O) groups is 1. The Kier molecular flexibility index (Phi) is 6.35. The Labute approximate surface area is 144 Å². The maximum absolute atomic E-state index is 12.2. The first-order valence-electron chi connectivity index (χ1n) is 6.35. The zero-order valence-electron chi connectivity index (χ0n) is 11.3. The lowest BCUT2D eigenvalue weighted by atomic mass is 10.2. The molecule has 0 saturated heterocycles. The molecule has 0 bridgehead atoms. The topological polar surface area (TPSA) is 51.2 Å². The Balaban J connectivity index is 2.20. The van der Waals surface area contributed by atoms with Gasteiger partial charge in [0.05, 0.1) is 12.3 Å². The fourth-order valence-corrected chi connectivity index (χ4v) is 3.64. The molecule has 2 aromatic rings. The Bertz CT molecular complexity index is 605. The summed E-state index contributed by atoms with van der Waals surface area (Å²) in [6, 6.07) is 5.26. The molecule has 0 aliphatic carbocycles. The lowest BCUT2D eigenvalue weighted by Gasteiger charge is -2.17. The van der Waals surface area contributed by atoms with Crippen LogP contribution < -0.4 is 5.32 Å². The SMILES string of the molecule is CCOC(=O)C(NCc1cccs1)c1ncc(Br)cc1Br. The fourth-order valence-electron chi connectivity index (χ4n) is 1.77. The average Bonchev–Trinajstić information content (AvgIpc) is 2.94. The Morgan fingerprint density at radius 1 is 1.52 bits per heavy atom. The third kappa shape index (κ3) is 4.60. The first-order valence-corrected chi connectivity index (χ1v) is 8.81. The smallest absolute Gasteiger partial charge is 0.329 e. The van der Waals surface area contributed by atoms with Crippen molar-refractivity contribution in [3.8, 4) is 0 Å². The van der Waals surface area contributed by atoms with E-state index in [2.05, 4.69) is 42.2 Å². The molecular weight excluding hydrogens is 420 g/mol. The normalized spacial score (nSPS) is 12.1. The van der Waals surface area contributed by atoms with Gasteiger partial charge < -0.3 is 4.74 Å². The van der Waals surface area contributed by atoms with E-state index in [0.29, 0.717) is 18.8 Å². The molecule has 0 fully saturated rings. The summed E-state index contributed by atoms with van der Waals surface area (Å²) in [5.74, 6) is -0.329. The number of halogens is 2. The highest BCUT2D eigenvalue weighted by Gasteiger charge is 2.25. The van der Waals surface area contributed by atoms with E-state index in [1.807, 2.05) is 23.6 Å². The number of thiophene rings is 1. The quantitative estimate of drug-likeness (QED) is 0.697. The number of ether oxygens (including phenoxy) is 1. The molecule has 1 atom stereocenters. The van der Waals surface area contributed by atoms with Gasteiger partial charge in [0.1, 0.15) is 6.04 Å². The van der Waals surface area contributed by atoms with E-state index in [1.54, 1.807) is 24.5 Å². The van der Waals surface area contributed by atoms with Gasteiger partial charge in [-0.15, -0.1) is 11.3 Å². The molecule has 7 heteroatoms. The standard InChI is InChI=1S/C14H14Br2N2O2S/c1-2-20-14(19)13(18-8-10-4-3-5-21-10)12-11(16)6-9(15)7-17-12/h3-7,13,18H,2,8H2,1H3. The monoisotopic (exact) mass is 432 g/mol. The van der Waals surface area contributed by atoms with Crippen LogP contribution >= 0.6 is 43.2 Å². The maximum Gasteiger partial charge on any atom is 0.329 e. The van der Waals surface area contributed by atoms with Crippen molar-refractivity contribution < 1.29 is 9.53 Å². The van der Waals surface area contributed by atoms with E-state index in [0.717, 1.165) is 13.8 Å². The molecule has 0 aromatic carbocycles. The third-order valence-corrected chi connectivity index (χ3v) is 4.64. The number of esters is 1. The van der Waals surface area contributed by atoms with Crippen molar-refractivity contribution in [1.82, 2.24) is 10.3 Å². The van der Waals surface area contributed by atoms with Gasteiger partial charge in [-0.25, -0.2) is 4.79 Å². The van der Waals surface area contributed by atoms with E-state index < -0.39 is 6.04 Å². The summed E-state index contributed by atoms with van der Waals surface area (Å²) in [6.07, 6.45) is 1.67. The predicted octanol–water partition coefficient (Wildman–Crippen LogP) is 4.06. The highest BCUT2D eigenvalue weighted by Crippen LogP contribution is 2.26. The summed E-state index contributed by atoms with van der Waals surface area (Å²) in [5.41, 5.74) is 0.619. The number of pyridine rings is 1. The summed E-state index contributed by atoms with van der Waals surface area (Å²) in [6.45, 7) is 2.72. The second kappa shape index (κ2) is 8.03. The number of carbonyl (C=O) groups excluding carboxylic acids is 1. The summed E-state index contributed by atoms with van der Waals surface area (Å²) in [4.78, 5) is 17.7. The molecule has 4 nitrogen and oxygen atoms in total. The van der Waals surface area contributed by atoms with Crippen LogP contribution in [-0.2, 0) is 16.1 Å². The number of hydrogen-bond acceptors (Lipinski definition) is 5. The minimum Gasteiger partial charge on any atom is -0.465 e. The second-order valence-electron chi connectivity index (χ2n) is 4.17. The minimum atomic E-state index is -0.602. The molecule has 2 heterocycles. The van der Waals surface area contributed by atoms with Gasteiger partial charge in [0.15, 0.2) is 0 Å². The van der Waals surface area contributed by atoms with E-state index >= 15 is 0 Å². The molecule has 1 N–H and O–H groups in total. The van der Waals surface area contributed by atoms with E-state index in [9.17, 15) is 4.79 Å². The van der Waals surface area contributed by atoms with E-state index in [1.165, 1.54) is 0 Å². The first-order chi connectivity index (χ1) is 10.1. The van der Waals surface area contributed by atoms with Gasteiger partial charge in [0.2, 0.25) is 0 Å². The van der Waals surface area contributed by atoms with Gasteiger partial charge in [0.25, 0.3) is 0 Å². The summed E-state index contributed by atoms with van der Waals surface area (Å²) in [5, 5.41) is 5.22. The molecule has 112 valence electrons. The molecule has 0 aliphatic heterocycles. The van der Waals surface area contributed by atoms with Crippen molar-refractivity contribution >= 4 is 49.2 Å². The molecular formula is C14H14Br2N2O2S. The van der Waals surface area contributed by atoms with Gasteiger partial charge in [-0.1, -0.05) is 6.07 Å². The van der Waals surface area contributed by atoms with Crippen LogP contribution in [-0.4, -0.2) is 17.6 Å². The number of nitrogens with one attached hydrogen (secondary N) is 1. The van der Waals surface area contributed by atoms with E-state index in [4.69, 9.17) is 4.74 Å². The van der Waals surface area contributed by atoms with Crippen LogP contribution in [0.15, 0.2) is 38.7 Å². The molecule has 1 unspecified atom stereocenters. The summed E-state index contributed by atoms with van der Waals surface area (Å²) in [7, 11) is 0. The van der Waals surface area contributed by atoms with Gasteiger partial charge in [-0.2, -0.15) is 0 Å². The van der Waals surface area contributed by atoms with Crippen molar-refractivity contribution in [2.75, 3.05) is 6.61 Å². The van der Waals surface area contributed by atoms with Crippen LogP contribution in [0.3, 0.4) is 0 Å². The number of aromatic nitrogens is 1. The molecule has 0 saturated carbocycles. The number of rotatable bonds is 6. The predicted molar refractivity (Wildman–Crippen MR) is 90.2 cm³/mol. The van der Waals surface area contributed by atoms with Crippen molar-refractivity contribution in [2.24, 2.45) is 0 Å². The molecule has 2 aromatic heterocycles. The Hall–Kier alpha value is -0.760. The second-order valence-corrected chi connectivity index (χ2v) is 6.97. The van der Waals surface area contributed by atoms with Crippen LogP contribution in [0.5, 0.6) is 0 Å². The zero-order valence-corrected chi connectivity index (χ0v) is 15.3. The van der Waals surface area contributed by atoms with Gasteiger partial charge in [0, 0.05) is 26.6 Å². The van der Waals surface area contributed by atoms with Crippen LogP contribution in [0.2, 0.25) is 0 Å². The summed E-state index contributed by atoms with van der Waals surface area (Å²) >= 11 is 8.44. The highest BCUT2D eigenvalue weighted by molar-refractivity contribution is 9.11. The first kappa shape index (κ1) is 16.6. The molecule has 0 aliphatic rings. The lowest BCUT2D eigenvalue weighted by Crippen LogP contribution is -2.30. The molecule has 0 amide bonds. The van der Waals surface area contributed by atoms with Crippen molar-refractivity contribution in [2.45, 2.75) is 19.5 Å². The Morgan fingerprint density at radius 2 is 2.33 bits per heavy atom. The minimum absolute atomic E-state index is 0.329. The molecule has 0 radical (unpaired) electrons. The number of nitrogens with zero attached hydrogens (tertiary/aromatic N) is 1. The Morgan fingerprint density at radius 3 is 2.95 bits per heavy atom. The van der Waals surface area contributed by atoms with Gasteiger partial charge >= 0.3 is 5.97 Å². The maximum atomic E-state index is 12.2. The largest absolute Gasteiger partial charge is 0.465 e. The van der Waals surface area contributed by atoms with Crippen molar-refractivity contribution in [3.05, 3.63) is 49.3 Å². The summed E-state index contributed by atoms with van der Waals surface area (Å²) < 4.78 is 6.75. The van der Waals surface area contributed by atoms with E-state index in [-0.39, 0.29) is 5.97 Å². The number of hydrogen-bond donors (Lipinski definition) is 1. The molecule has 0 spiro atoms. The van der Waals surface area contributed by atoms with Crippen LogP contribution in [0.4, 0.5) is 0 Å². The van der Waals surface area contributed by atoms with Gasteiger partial charge in [-0.05, 0) is 56.3 Å². The fraction of sp³-hybridized carbons (Fsp3) is 0.286. The lowest BCUT2D eigenvalue weighted by molar-refractivity contribution is -0.146. The van der Waals surface area contributed by atoms with Crippen LogP contribution in [0.25, 0.3) is 0 Å². The molecule has 2 rings (SSSR count). The van der Waals surface area contributed by atoms with Crippen LogP contribution in [0.1, 0.15) is 23.5 Å².